The Morgan fingerprint density at radius 2 is 1.90 bits per heavy atom. The number of nitrogens with one attached hydrogen (secondary N) is 2. The van der Waals surface area contributed by atoms with E-state index in [4.69, 9.17) is 9.15 Å². The number of hydrogen-bond acceptors (Lipinski definition) is 8. The predicted molar refractivity (Wildman–Crippen MR) is 108 cm³/mol. The number of rotatable bonds is 7. The van der Waals surface area contributed by atoms with Crippen molar-refractivity contribution in [3.63, 3.8) is 0 Å². The van der Waals surface area contributed by atoms with E-state index in [0.717, 1.165) is 12.6 Å². The molecule has 0 fully saturated rings. The molecular formula is C20H22F2N6O3. The van der Waals surface area contributed by atoms with E-state index in [2.05, 4.69) is 30.6 Å². The number of anilines is 3. The van der Waals surface area contributed by atoms with Crippen molar-refractivity contribution in [1.29, 1.82) is 0 Å². The third kappa shape index (κ3) is 5.71. The van der Waals surface area contributed by atoms with Crippen LogP contribution in [0.1, 0.15) is 42.7 Å². The molecule has 0 bridgehead atoms. The number of ether oxygens (including phenoxy) is 1. The highest BCUT2D eigenvalue weighted by Crippen LogP contribution is 2.31. The lowest BCUT2D eigenvalue weighted by molar-refractivity contribution is -0.114. The van der Waals surface area contributed by atoms with Gasteiger partial charge in [0.25, 0.3) is 0 Å². The number of alkyl halides is 2. The molecule has 3 rings (SSSR count). The first-order valence-corrected chi connectivity index (χ1v) is 9.35. The standard InChI is InChI=1S/C20H22F2N6O3/c1-10-6-17(28-19(24-10)20(5,21)22)27-14-7-16(26-13(4)29)23-8-15(14)30-9-18-25-11(2)12(3)31-18/h6-8H,9H2,1-5H3,(H2,23,24,26,27,28,29). The molecular weight excluding hydrogens is 410 g/mol. The first-order valence-electron chi connectivity index (χ1n) is 9.35. The lowest BCUT2D eigenvalue weighted by atomic mass is 10.3. The molecule has 164 valence electrons. The summed E-state index contributed by atoms with van der Waals surface area (Å²) in [5.41, 5.74) is 1.46. The number of carbonyl (C=O) groups is 1. The minimum atomic E-state index is -3.21. The van der Waals surface area contributed by atoms with Crippen LogP contribution < -0.4 is 15.4 Å². The number of aryl methyl sites for hydroxylation is 3. The van der Waals surface area contributed by atoms with Crippen molar-refractivity contribution >= 4 is 23.2 Å². The number of hydrogen-bond donors (Lipinski definition) is 2. The van der Waals surface area contributed by atoms with Crippen LogP contribution >= 0.6 is 0 Å². The maximum Gasteiger partial charge on any atom is 0.303 e. The third-order valence-corrected chi connectivity index (χ3v) is 4.11. The molecule has 0 spiro atoms. The van der Waals surface area contributed by atoms with Crippen LogP contribution in [0.3, 0.4) is 0 Å². The second-order valence-electron chi connectivity index (χ2n) is 7.02. The van der Waals surface area contributed by atoms with Gasteiger partial charge in [0.2, 0.25) is 17.6 Å². The van der Waals surface area contributed by atoms with Crippen molar-refractivity contribution < 1.29 is 22.7 Å². The minimum Gasteiger partial charge on any atom is -0.480 e. The van der Waals surface area contributed by atoms with Gasteiger partial charge in [0, 0.05) is 31.7 Å². The van der Waals surface area contributed by atoms with Gasteiger partial charge in [-0.3, -0.25) is 4.79 Å². The Balaban J connectivity index is 1.92. The van der Waals surface area contributed by atoms with Gasteiger partial charge in [0.05, 0.1) is 17.6 Å². The quantitative estimate of drug-likeness (QED) is 0.571. The average Bonchev–Trinajstić information content (AvgIpc) is 2.97. The molecule has 0 aliphatic heterocycles. The van der Waals surface area contributed by atoms with Gasteiger partial charge in [-0.25, -0.2) is 19.9 Å². The van der Waals surface area contributed by atoms with Crippen molar-refractivity contribution in [2.45, 2.75) is 47.1 Å². The summed E-state index contributed by atoms with van der Waals surface area (Å²) in [6.07, 6.45) is 1.39. The topological polar surface area (TPSA) is 115 Å². The molecule has 2 N–H and O–H groups in total. The van der Waals surface area contributed by atoms with E-state index in [1.54, 1.807) is 13.8 Å². The predicted octanol–water partition coefficient (Wildman–Crippen LogP) is 4.18. The first kappa shape index (κ1) is 22.1. The normalized spacial score (nSPS) is 11.3. The summed E-state index contributed by atoms with van der Waals surface area (Å²) in [5, 5.41) is 5.50. The monoisotopic (exact) mass is 432 g/mol. The first-order chi connectivity index (χ1) is 14.5. The highest BCUT2D eigenvalue weighted by Gasteiger charge is 2.29. The number of carbonyl (C=O) groups excluding carboxylic acids is 1. The van der Waals surface area contributed by atoms with Crippen molar-refractivity contribution in [2.24, 2.45) is 0 Å². The minimum absolute atomic E-state index is 0.0195. The van der Waals surface area contributed by atoms with Gasteiger partial charge in [0.1, 0.15) is 17.4 Å². The largest absolute Gasteiger partial charge is 0.480 e. The SMILES string of the molecule is CC(=O)Nc1cc(Nc2cc(C)nc(C(C)(F)F)n2)c(OCc2nc(C)c(C)o2)cn1. The van der Waals surface area contributed by atoms with Crippen molar-refractivity contribution in [3.8, 4) is 5.75 Å². The fourth-order valence-electron chi connectivity index (χ4n) is 2.61. The second-order valence-corrected chi connectivity index (χ2v) is 7.02. The Morgan fingerprint density at radius 3 is 2.52 bits per heavy atom. The summed E-state index contributed by atoms with van der Waals surface area (Å²) in [6.45, 7) is 7.28. The van der Waals surface area contributed by atoms with E-state index in [0.29, 0.717) is 23.0 Å². The van der Waals surface area contributed by atoms with Gasteiger partial charge < -0.3 is 19.8 Å². The van der Waals surface area contributed by atoms with Crippen LogP contribution in [0, 0.1) is 20.8 Å². The van der Waals surface area contributed by atoms with Gasteiger partial charge in [0.15, 0.2) is 12.4 Å². The Bertz CT molecular complexity index is 1090. The van der Waals surface area contributed by atoms with Gasteiger partial charge in [-0.1, -0.05) is 0 Å². The van der Waals surface area contributed by atoms with E-state index >= 15 is 0 Å². The maximum atomic E-state index is 13.7. The molecule has 11 heteroatoms. The molecule has 3 aromatic heterocycles. The van der Waals surface area contributed by atoms with Crippen LogP contribution in [-0.2, 0) is 17.3 Å². The van der Waals surface area contributed by atoms with Gasteiger partial charge in [-0.15, -0.1) is 0 Å². The summed E-state index contributed by atoms with van der Waals surface area (Å²) in [6, 6.07) is 3.02. The number of nitrogens with zero attached hydrogens (tertiary/aromatic N) is 4. The molecule has 0 saturated carbocycles. The molecule has 0 atom stereocenters. The maximum absolute atomic E-state index is 13.7. The third-order valence-electron chi connectivity index (χ3n) is 4.11. The van der Waals surface area contributed by atoms with Gasteiger partial charge in [-0.05, 0) is 20.8 Å². The number of amides is 1. The molecule has 0 saturated heterocycles. The number of oxazole rings is 1. The lowest BCUT2D eigenvalue weighted by Gasteiger charge is -2.15. The molecule has 0 aromatic carbocycles. The van der Waals surface area contributed by atoms with Crippen molar-refractivity contribution in [2.75, 3.05) is 10.6 Å². The smallest absolute Gasteiger partial charge is 0.303 e. The van der Waals surface area contributed by atoms with Crippen LogP contribution in [0.25, 0.3) is 0 Å². The highest BCUT2D eigenvalue weighted by atomic mass is 19.3. The van der Waals surface area contributed by atoms with Crippen molar-refractivity contribution in [1.82, 2.24) is 19.9 Å². The molecule has 9 nitrogen and oxygen atoms in total. The molecule has 0 aliphatic rings. The van der Waals surface area contributed by atoms with E-state index in [1.807, 2.05) is 6.92 Å². The van der Waals surface area contributed by atoms with Crippen LogP contribution in [-0.4, -0.2) is 25.8 Å². The summed E-state index contributed by atoms with van der Waals surface area (Å²) in [5.74, 6) is -2.42. The number of pyridine rings is 1. The highest BCUT2D eigenvalue weighted by molar-refractivity contribution is 5.88. The molecule has 1 amide bonds. The number of halogens is 2. The molecule has 3 aromatic rings. The average molecular weight is 432 g/mol. The summed E-state index contributed by atoms with van der Waals surface area (Å²) in [7, 11) is 0. The zero-order valence-corrected chi connectivity index (χ0v) is 17.7. The zero-order valence-electron chi connectivity index (χ0n) is 17.7. The molecule has 31 heavy (non-hydrogen) atoms. The summed E-state index contributed by atoms with van der Waals surface area (Å²) >= 11 is 0. The Labute approximate surface area is 177 Å². The van der Waals surface area contributed by atoms with Crippen LogP contribution in [0.5, 0.6) is 5.75 Å². The summed E-state index contributed by atoms with van der Waals surface area (Å²) < 4.78 is 38.7. The fourth-order valence-corrected chi connectivity index (χ4v) is 2.61. The van der Waals surface area contributed by atoms with E-state index < -0.39 is 11.7 Å². The summed E-state index contributed by atoms with van der Waals surface area (Å²) in [4.78, 5) is 27.5. The molecule has 0 unspecified atom stereocenters. The van der Waals surface area contributed by atoms with Gasteiger partial charge in [-0.2, -0.15) is 8.78 Å². The van der Waals surface area contributed by atoms with Gasteiger partial charge >= 0.3 is 5.92 Å². The van der Waals surface area contributed by atoms with Crippen LogP contribution in [0.4, 0.5) is 26.1 Å². The Morgan fingerprint density at radius 1 is 1.16 bits per heavy atom. The molecule has 0 radical (unpaired) electrons. The van der Waals surface area contributed by atoms with E-state index in [9.17, 15) is 13.6 Å². The van der Waals surface area contributed by atoms with E-state index in [1.165, 1.54) is 25.3 Å². The molecule has 0 aliphatic carbocycles. The molecule has 3 heterocycles. The van der Waals surface area contributed by atoms with Crippen LogP contribution in [0.2, 0.25) is 0 Å². The number of aromatic nitrogens is 4. The Kier molecular flexibility index (Phi) is 6.14. The van der Waals surface area contributed by atoms with Crippen molar-refractivity contribution in [3.05, 3.63) is 47.2 Å². The fraction of sp³-hybridized carbons (Fsp3) is 0.350. The Hall–Kier alpha value is -3.63. The van der Waals surface area contributed by atoms with E-state index in [-0.39, 0.29) is 29.9 Å². The zero-order chi connectivity index (χ0) is 22.8. The second kappa shape index (κ2) is 8.62. The van der Waals surface area contributed by atoms with Crippen LogP contribution in [0.15, 0.2) is 22.7 Å². The lowest BCUT2D eigenvalue weighted by Crippen LogP contribution is -2.14.